The first-order chi connectivity index (χ1) is 10.6. The largest absolute Gasteiger partial charge is 0.380 e. The molecule has 1 aromatic carbocycles. The van der Waals surface area contributed by atoms with Crippen LogP contribution in [0.15, 0.2) is 24.3 Å². The molecule has 3 rings (SSSR count). The molecule has 22 heavy (non-hydrogen) atoms. The van der Waals surface area contributed by atoms with Gasteiger partial charge in [-0.1, -0.05) is 17.2 Å². The third kappa shape index (κ3) is 2.07. The minimum atomic E-state index is -0.996. The van der Waals surface area contributed by atoms with E-state index in [4.69, 9.17) is 16.0 Å². The Kier molecular flexibility index (Phi) is 3.43. The Morgan fingerprint density at radius 1 is 1.32 bits per heavy atom. The number of fused-ring (bicyclic) bond motifs is 1. The molecular weight excluding hydrogens is 286 g/mol. The van der Waals surface area contributed by atoms with Gasteiger partial charge in [0.1, 0.15) is 5.41 Å². The van der Waals surface area contributed by atoms with Gasteiger partial charge in [0.05, 0.1) is 17.7 Å². The molecule has 0 aliphatic carbocycles. The lowest BCUT2D eigenvalue weighted by molar-refractivity contribution is -0.181. The summed E-state index contributed by atoms with van der Waals surface area (Å²) in [6.45, 7) is 0.512. The van der Waals surface area contributed by atoms with Crippen LogP contribution in [0.3, 0.4) is 0 Å². The van der Waals surface area contributed by atoms with Crippen LogP contribution in [0.25, 0.3) is 0 Å². The minimum Gasteiger partial charge on any atom is -0.380 e. The molecule has 1 fully saturated rings. The second kappa shape index (κ2) is 5.28. The van der Waals surface area contributed by atoms with Gasteiger partial charge in [0.2, 0.25) is 0 Å². The third-order valence-electron chi connectivity index (χ3n) is 3.91. The monoisotopic (exact) mass is 299 g/mol. The van der Waals surface area contributed by atoms with Crippen molar-refractivity contribution in [1.82, 2.24) is 5.06 Å². The zero-order chi connectivity index (χ0) is 15.7. The zero-order valence-electron chi connectivity index (χ0n) is 11.7. The van der Waals surface area contributed by atoms with E-state index in [1.807, 2.05) is 0 Å². The van der Waals surface area contributed by atoms with E-state index in [0.29, 0.717) is 18.1 Å². The number of imide groups is 1. The summed E-state index contributed by atoms with van der Waals surface area (Å²) in [5, 5.41) is 0.504. The highest BCUT2D eigenvalue weighted by Crippen LogP contribution is 2.35. The predicted octanol–water partition coefficient (Wildman–Crippen LogP) is 1.17. The summed E-state index contributed by atoms with van der Waals surface area (Å²) >= 11 is 0. The molecule has 0 radical (unpaired) electrons. The number of nitrogens with zero attached hydrogens (tertiary/aromatic N) is 1. The Hall–Kier alpha value is -2.65. The summed E-state index contributed by atoms with van der Waals surface area (Å²) in [5.74, 6) is 0.417. The van der Waals surface area contributed by atoms with E-state index in [0.717, 1.165) is 0 Å². The number of benzene rings is 1. The normalized spacial score (nSPS) is 23.3. The molecule has 0 aromatic heterocycles. The van der Waals surface area contributed by atoms with Crippen molar-refractivity contribution in [2.75, 3.05) is 13.2 Å². The van der Waals surface area contributed by atoms with E-state index >= 15 is 0 Å². The van der Waals surface area contributed by atoms with Crippen LogP contribution in [0.4, 0.5) is 0 Å². The Bertz CT molecular complexity index is 662. The van der Waals surface area contributed by atoms with Crippen molar-refractivity contribution >= 4 is 17.8 Å². The maximum Gasteiger partial charge on any atom is 0.342 e. The molecular formula is C16H13NO5. The van der Waals surface area contributed by atoms with Gasteiger partial charge in [0, 0.05) is 13.0 Å². The maximum absolute atomic E-state index is 12.4. The van der Waals surface area contributed by atoms with E-state index in [1.54, 1.807) is 12.1 Å². The van der Waals surface area contributed by atoms with E-state index < -0.39 is 23.2 Å². The van der Waals surface area contributed by atoms with Crippen molar-refractivity contribution in [1.29, 1.82) is 0 Å². The van der Waals surface area contributed by atoms with E-state index in [2.05, 4.69) is 5.92 Å². The zero-order valence-corrected chi connectivity index (χ0v) is 11.7. The number of terminal acetylenes is 1. The first-order valence-electron chi connectivity index (χ1n) is 6.80. The highest BCUT2D eigenvalue weighted by molar-refractivity contribution is 6.20. The summed E-state index contributed by atoms with van der Waals surface area (Å²) in [6.07, 6.45) is 5.84. The number of hydroxylamine groups is 2. The van der Waals surface area contributed by atoms with Crippen molar-refractivity contribution in [3.05, 3.63) is 35.4 Å². The molecule has 0 spiro atoms. The number of amides is 2. The van der Waals surface area contributed by atoms with Gasteiger partial charge in [-0.2, -0.15) is 0 Å². The SMILES string of the molecule is C#CCC1(C(=O)ON2C(=O)c3ccccc3C2=O)CCOC1. The number of hydrogen-bond donors (Lipinski definition) is 0. The van der Waals surface area contributed by atoms with Crippen LogP contribution in [0.2, 0.25) is 0 Å². The van der Waals surface area contributed by atoms with Crippen LogP contribution in [-0.2, 0) is 14.4 Å². The van der Waals surface area contributed by atoms with Crippen LogP contribution in [0.1, 0.15) is 33.6 Å². The van der Waals surface area contributed by atoms with Crippen molar-refractivity contribution < 1.29 is 24.0 Å². The molecule has 2 aliphatic rings. The van der Waals surface area contributed by atoms with Gasteiger partial charge < -0.3 is 9.57 Å². The molecule has 1 unspecified atom stereocenters. The van der Waals surface area contributed by atoms with E-state index in [-0.39, 0.29) is 24.2 Å². The lowest BCUT2D eigenvalue weighted by Crippen LogP contribution is -2.41. The number of carbonyl (C=O) groups is 3. The average molecular weight is 299 g/mol. The fourth-order valence-electron chi connectivity index (χ4n) is 2.60. The fourth-order valence-corrected chi connectivity index (χ4v) is 2.60. The Morgan fingerprint density at radius 2 is 1.95 bits per heavy atom. The van der Waals surface area contributed by atoms with Crippen LogP contribution in [-0.4, -0.2) is 36.1 Å². The Morgan fingerprint density at radius 3 is 2.45 bits per heavy atom. The first-order valence-corrected chi connectivity index (χ1v) is 6.80. The van der Waals surface area contributed by atoms with Crippen LogP contribution < -0.4 is 0 Å². The number of ether oxygens (including phenoxy) is 1. The van der Waals surface area contributed by atoms with E-state index in [9.17, 15) is 14.4 Å². The summed E-state index contributed by atoms with van der Waals surface area (Å²) < 4.78 is 5.23. The standard InChI is InChI=1S/C16H13NO5/c1-2-7-16(8-9-21-10-16)15(20)22-17-13(18)11-5-3-4-6-12(11)14(17)19/h1,3-6H,7-10H2. The van der Waals surface area contributed by atoms with Crippen molar-refractivity contribution in [3.63, 3.8) is 0 Å². The van der Waals surface area contributed by atoms with Gasteiger partial charge >= 0.3 is 5.97 Å². The van der Waals surface area contributed by atoms with Gasteiger partial charge in [-0.3, -0.25) is 9.59 Å². The van der Waals surface area contributed by atoms with Gasteiger partial charge in [-0.15, -0.1) is 12.3 Å². The molecule has 1 saturated heterocycles. The summed E-state index contributed by atoms with van der Waals surface area (Å²) in [7, 11) is 0. The molecule has 6 nitrogen and oxygen atoms in total. The number of carbonyl (C=O) groups excluding carboxylic acids is 3. The molecule has 112 valence electrons. The third-order valence-corrected chi connectivity index (χ3v) is 3.91. The smallest absolute Gasteiger partial charge is 0.342 e. The highest BCUT2D eigenvalue weighted by Gasteiger charge is 2.47. The van der Waals surface area contributed by atoms with Crippen LogP contribution in [0.5, 0.6) is 0 Å². The van der Waals surface area contributed by atoms with Crippen molar-refractivity contribution in [2.45, 2.75) is 12.8 Å². The van der Waals surface area contributed by atoms with Gasteiger partial charge in [-0.25, -0.2) is 4.79 Å². The minimum absolute atomic E-state index is 0.124. The van der Waals surface area contributed by atoms with Gasteiger partial charge in [-0.05, 0) is 18.6 Å². The molecule has 1 atom stereocenters. The second-order valence-corrected chi connectivity index (χ2v) is 5.29. The fraction of sp³-hybridized carbons (Fsp3) is 0.312. The average Bonchev–Trinajstić information content (AvgIpc) is 3.09. The Balaban J connectivity index is 1.83. The summed E-state index contributed by atoms with van der Waals surface area (Å²) in [4.78, 5) is 41.8. The Labute approximate surface area is 126 Å². The summed E-state index contributed by atoms with van der Waals surface area (Å²) in [5.41, 5.74) is -0.563. The highest BCUT2D eigenvalue weighted by atomic mass is 16.7. The lowest BCUT2D eigenvalue weighted by atomic mass is 9.84. The first kappa shape index (κ1) is 14.3. The lowest BCUT2D eigenvalue weighted by Gasteiger charge is -2.24. The number of hydrogen-bond acceptors (Lipinski definition) is 5. The molecule has 2 heterocycles. The van der Waals surface area contributed by atoms with Crippen molar-refractivity contribution in [2.24, 2.45) is 5.41 Å². The predicted molar refractivity (Wildman–Crippen MR) is 74.4 cm³/mol. The second-order valence-electron chi connectivity index (χ2n) is 5.29. The number of rotatable bonds is 3. The molecule has 0 bridgehead atoms. The summed E-state index contributed by atoms with van der Waals surface area (Å²) in [6, 6.07) is 6.30. The molecule has 2 amide bonds. The van der Waals surface area contributed by atoms with Gasteiger partial charge in [0.25, 0.3) is 11.8 Å². The quantitative estimate of drug-likeness (QED) is 0.619. The maximum atomic E-state index is 12.4. The van der Waals surface area contributed by atoms with E-state index in [1.165, 1.54) is 12.1 Å². The molecule has 0 N–H and O–H groups in total. The molecule has 1 aromatic rings. The van der Waals surface area contributed by atoms with Crippen molar-refractivity contribution in [3.8, 4) is 12.3 Å². The van der Waals surface area contributed by atoms with Crippen LogP contribution in [0, 0.1) is 17.8 Å². The molecule has 6 heteroatoms. The molecule has 0 saturated carbocycles. The van der Waals surface area contributed by atoms with Crippen LogP contribution >= 0.6 is 0 Å². The topological polar surface area (TPSA) is 72.9 Å². The van der Waals surface area contributed by atoms with Gasteiger partial charge in [0.15, 0.2) is 0 Å². The molecule has 2 aliphatic heterocycles.